The number of amides is 2. The van der Waals surface area contributed by atoms with Crippen molar-refractivity contribution in [3.05, 3.63) is 125 Å². The van der Waals surface area contributed by atoms with E-state index < -0.39 is 6.29 Å². The highest BCUT2D eigenvalue weighted by Gasteiger charge is 2.51. The second kappa shape index (κ2) is 15.5. The molecule has 3 aromatic carbocycles. The van der Waals surface area contributed by atoms with E-state index in [9.17, 15) is 9.90 Å². The van der Waals surface area contributed by atoms with Crippen LogP contribution < -0.4 is 10.6 Å². The van der Waals surface area contributed by atoms with E-state index in [-0.39, 0.29) is 30.4 Å². The van der Waals surface area contributed by atoms with E-state index >= 15 is 0 Å². The largest absolute Gasteiger partial charge is 0.392 e. The van der Waals surface area contributed by atoms with E-state index in [0.717, 1.165) is 102 Å². The molecule has 2 heterocycles. The summed E-state index contributed by atoms with van der Waals surface area (Å²) < 4.78 is 13.3. The number of hydrogen-bond acceptors (Lipinski definition) is 6. The van der Waals surface area contributed by atoms with E-state index in [4.69, 9.17) is 9.47 Å². The Morgan fingerprint density at radius 3 is 2.25 bits per heavy atom. The zero-order chi connectivity index (χ0) is 35.5. The molecular formula is C44H52N4O4. The second-order valence-corrected chi connectivity index (χ2v) is 16.0. The van der Waals surface area contributed by atoms with Crippen LogP contribution in [0.3, 0.4) is 0 Å². The molecule has 4 aliphatic carbocycles. The first-order valence-corrected chi connectivity index (χ1v) is 19.2. The number of aromatic nitrogens is 1. The first-order valence-electron chi connectivity index (χ1n) is 19.2. The highest BCUT2D eigenvalue weighted by atomic mass is 16.7. The summed E-state index contributed by atoms with van der Waals surface area (Å²) in [5, 5.41) is 16.2. The Morgan fingerprint density at radius 2 is 1.56 bits per heavy atom. The van der Waals surface area contributed by atoms with Gasteiger partial charge in [0, 0.05) is 55.5 Å². The van der Waals surface area contributed by atoms with Crippen molar-refractivity contribution in [1.82, 2.24) is 20.5 Å². The molecule has 4 aromatic rings. The number of rotatable bonds is 12. The van der Waals surface area contributed by atoms with E-state index in [1.165, 1.54) is 19.3 Å². The molecule has 2 amide bonds. The van der Waals surface area contributed by atoms with Crippen molar-refractivity contribution in [2.75, 3.05) is 20.1 Å². The second-order valence-electron chi connectivity index (χ2n) is 16.0. The van der Waals surface area contributed by atoms with Crippen molar-refractivity contribution >= 4 is 6.03 Å². The summed E-state index contributed by atoms with van der Waals surface area (Å²) in [4.78, 5) is 19.9. The molecule has 0 spiro atoms. The summed E-state index contributed by atoms with van der Waals surface area (Å²) in [5.74, 6) is 2.40. The Morgan fingerprint density at radius 1 is 0.827 bits per heavy atom. The maximum Gasteiger partial charge on any atom is 0.315 e. The summed E-state index contributed by atoms with van der Waals surface area (Å²) in [5.41, 5.74) is 7.31. The maximum absolute atomic E-state index is 13.1. The number of carbonyl (C=O) groups excluding carboxylic acids is 1. The molecule has 0 unspecified atom stereocenters. The quantitative estimate of drug-likeness (QED) is 0.140. The molecule has 3 atom stereocenters. The number of carbonyl (C=O) groups is 1. The molecule has 1 aromatic heterocycles. The van der Waals surface area contributed by atoms with Gasteiger partial charge in [-0.05, 0) is 109 Å². The van der Waals surface area contributed by atoms with Gasteiger partial charge in [-0.15, -0.1) is 0 Å². The number of aliphatic hydroxyl groups is 1. The lowest BCUT2D eigenvalue weighted by molar-refractivity contribution is -0.252. The summed E-state index contributed by atoms with van der Waals surface area (Å²) in [7, 11) is 2.13. The number of nitrogens with zero attached hydrogens (tertiary/aromatic N) is 2. The molecule has 4 bridgehead atoms. The van der Waals surface area contributed by atoms with Gasteiger partial charge in [0.15, 0.2) is 6.29 Å². The minimum atomic E-state index is -0.512. The molecule has 1 saturated heterocycles. The van der Waals surface area contributed by atoms with Crippen LogP contribution >= 0.6 is 0 Å². The van der Waals surface area contributed by atoms with Gasteiger partial charge in [0.1, 0.15) is 0 Å². The monoisotopic (exact) mass is 700 g/mol. The smallest absolute Gasteiger partial charge is 0.315 e. The Hall–Kier alpha value is -4.08. The zero-order valence-electron chi connectivity index (χ0n) is 30.3. The van der Waals surface area contributed by atoms with Gasteiger partial charge in [-0.3, -0.25) is 4.98 Å². The van der Waals surface area contributed by atoms with Crippen molar-refractivity contribution in [3.8, 4) is 11.1 Å². The van der Waals surface area contributed by atoms with Crippen molar-refractivity contribution in [2.24, 2.45) is 17.8 Å². The molecular weight excluding hydrogens is 649 g/mol. The fourth-order valence-electron chi connectivity index (χ4n) is 9.75. The average molecular weight is 701 g/mol. The van der Waals surface area contributed by atoms with E-state index in [1.54, 1.807) is 0 Å². The third-order valence-corrected chi connectivity index (χ3v) is 11.9. The third-order valence-electron chi connectivity index (χ3n) is 11.9. The van der Waals surface area contributed by atoms with Crippen LogP contribution in [-0.2, 0) is 29.0 Å². The number of ether oxygens (including phenoxy) is 2. The van der Waals surface area contributed by atoms with Crippen LogP contribution in [0.1, 0.15) is 85.3 Å². The van der Waals surface area contributed by atoms with Crippen molar-refractivity contribution in [2.45, 2.75) is 88.6 Å². The molecule has 3 N–H and O–H groups in total. The Kier molecular flexibility index (Phi) is 10.4. The predicted molar refractivity (Wildman–Crippen MR) is 202 cm³/mol. The van der Waals surface area contributed by atoms with Gasteiger partial charge < -0.3 is 30.1 Å². The standard InChI is InChI=1S/C44H52N4O4/c1-48(18-16-39-7-2-3-17-45-39)28-40-23-41(36-10-8-30(29-49)9-11-36)52-42(51-40)37-14-12-35(13-15-37)38-6-4-5-31(22-38)27-46-43(50)47-44-24-32-19-33(25-44)21-34(20-32)26-44/h2-15,17,22,32-34,40-42,49H,16,18-21,23-29H2,1H3,(H2,46,47,50)/t32?,33?,34?,40-,41+,42+,44?/m0/s1. The molecule has 5 fully saturated rings. The molecule has 4 saturated carbocycles. The van der Waals surface area contributed by atoms with Gasteiger partial charge in [-0.1, -0.05) is 72.8 Å². The van der Waals surface area contributed by atoms with Crippen LogP contribution in [-0.4, -0.2) is 52.8 Å². The van der Waals surface area contributed by atoms with E-state index in [2.05, 4.69) is 94.3 Å². The van der Waals surface area contributed by atoms with Gasteiger partial charge in [0.2, 0.25) is 0 Å². The molecule has 272 valence electrons. The molecule has 1 aliphatic heterocycles. The number of hydrogen-bond donors (Lipinski definition) is 3. The first kappa shape index (κ1) is 35.0. The van der Waals surface area contributed by atoms with Gasteiger partial charge >= 0.3 is 6.03 Å². The number of likely N-dealkylation sites (N-methyl/N-ethyl adjacent to an activating group) is 1. The molecule has 52 heavy (non-hydrogen) atoms. The third kappa shape index (κ3) is 8.26. The SMILES string of the molecule is CN(CCc1ccccn1)C[C@@H]1C[C@H](c2ccc(CO)cc2)O[C@H](c2ccc(-c3cccc(CNC(=O)NC45CC6CC(CC(C6)C4)C5)c3)cc2)O1. The predicted octanol–water partition coefficient (Wildman–Crippen LogP) is 7.73. The van der Waals surface area contributed by atoms with Gasteiger partial charge in [-0.25, -0.2) is 4.79 Å². The number of benzene rings is 3. The maximum atomic E-state index is 13.1. The minimum Gasteiger partial charge on any atom is -0.392 e. The van der Waals surface area contributed by atoms with Crippen LogP contribution in [0.25, 0.3) is 11.1 Å². The van der Waals surface area contributed by atoms with Crippen molar-refractivity contribution < 1.29 is 19.4 Å². The lowest BCUT2D eigenvalue weighted by Crippen LogP contribution is -2.61. The van der Waals surface area contributed by atoms with Crippen LogP contribution in [0.15, 0.2) is 97.2 Å². The van der Waals surface area contributed by atoms with Gasteiger partial charge in [0.05, 0.1) is 18.8 Å². The minimum absolute atomic E-state index is 0.00870. The first-order chi connectivity index (χ1) is 25.4. The van der Waals surface area contributed by atoms with Crippen LogP contribution in [0.4, 0.5) is 4.79 Å². The molecule has 8 nitrogen and oxygen atoms in total. The average Bonchev–Trinajstić information content (AvgIpc) is 3.16. The number of pyridine rings is 1. The van der Waals surface area contributed by atoms with Crippen LogP contribution in [0.2, 0.25) is 0 Å². The Labute approximate surface area is 308 Å². The molecule has 8 heteroatoms. The highest BCUT2D eigenvalue weighted by molar-refractivity contribution is 5.75. The molecule has 0 radical (unpaired) electrons. The van der Waals surface area contributed by atoms with E-state index in [0.29, 0.717) is 6.54 Å². The Bertz CT molecular complexity index is 1760. The van der Waals surface area contributed by atoms with Crippen LogP contribution in [0, 0.1) is 17.8 Å². The van der Waals surface area contributed by atoms with Crippen LogP contribution in [0.5, 0.6) is 0 Å². The van der Waals surface area contributed by atoms with Gasteiger partial charge in [0.25, 0.3) is 0 Å². The normalized spacial score (nSPS) is 27.8. The molecule has 9 rings (SSSR count). The fourth-order valence-corrected chi connectivity index (χ4v) is 9.75. The van der Waals surface area contributed by atoms with Gasteiger partial charge in [-0.2, -0.15) is 0 Å². The highest BCUT2D eigenvalue weighted by Crippen LogP contribution is 2.55. The van der Waals surface area contributed by atoms with Crippen molar-refractivity contribution in [1.29, 1.82) is 0 Å². The summed E-state index contributed by atoms with van der Waals surface area (Å²) >= 11 is 0. The Balaban J connectivity index is 0.909. The zero-order valence-corrected chi connectivity index (χ0v) is 30.3. The van der Waals surface area contributed by atoms with E-state index in [1.807, 2.05) is 30.5 Å². The summed E-state index contributed by atoms with van der Waals surface area (Å²) in [6.45, 7) is 2.17. The lowest BCUT2D eigenvalue weighted by atomic mass is 9.53. The summed E-state index contributed by atoms with van der Waals surface area (Å²) in [6, 6.07) is 30.9. The van der Waals surface area contributed by atoms with Crippen molar-refractivity contribution in [3.63, 3.8) is 0 Å². The topological polar surface area (TPSA) is 96.0 Å². The lowest BCUT2D eigenvalue weighted by Gasteiger charge is -2.56. The summed E-state index contributed by atoms with van der Waals surface area (Å²) in [6.07, 6.45) is 10.3. The number of nitrogens with one attached hydrogen (secondary N) is 2. The number of aliphatic hydroxyl groups excluding tert-OH is 1. The number of urea groups is 1. The fraction of sp³-hybridized carbons (Fsp3) is 0.455. The molecule has 5 aliphatic rings.